The summed E-state index contributed by atoms with van der Waals surface area (Å²) in [5.41, 5.74) is 1.62. The molecule has 0 unspecified atom stereocenters. The summed E-state index contributed by atoms with van der Waals surface area (Å²) in [5, 5.41) is 9.75. The van der Waals surface area contributed by atoms with Gasteiger partial charge < -0.3 is 10.7 Å². The maximum atomic E-state index is 6.90. The maximum absolute atomic E-state index is 6.90. The predicted molar refractivity (Wildman–Crippen MR) is 40.7 cm³/mol. The van der Waals surface area contributed by atoms with Crippen LogP contribution >= 0.6 is 0 Å². The molecule has 0 aliphatic heterocycles. The quantitative estimate of drug-likeness (QED) is 0.432. The van der Waals surface area contributed by atoms with Crippen molar-refractivity contribution in [3.63, 3.8) is 0 Å². The van der Waals surface area contributed by atoms with Gasteiger partial charge in [0.2, 0.25) is 0 Å². The van der Waals surface area contributed by atoms with Gasteiger partial charge in [-0.15, -0.1) is 0 Å². The first-order valence-electron chi connectivity index (χ1n) is 2.80. The molecule has 50 valence electrons. The van der Waals surface area contributed by atoms with Gasteiger partial charge in [0.15, 0.2) is 0 Å². The highest BCUT2D eigenvalue weighted by Gasteiger charge is 1.91. The number of hydrogen-bond donors (Lipinski definition) is 2. The molecule has 2 nitrogen and oxygen atoms in total. The van der Waals surface area contributed by atoms with Crippen LogP contribution in [0.3, 0.4) is 0 Å². The van der Waals surface area contributed by atoms with Crippen molar-refractivity contribution in [2.45, 2.75) is 6.92 Å². The van der Waals surface area contributed by atoms with Crippen molar-refractivity contribution in [2.24, 2.45) is 0 Å². The summed E-state index contributed by atoms with van der Waals surface area (Å²) in [4.78, 5) is 0. The Morgan fingerprint density at radius 1 is 1.67 bits per heavy atom. The first-order chi connectivity index (χ1) is 4.26. The van der Waals surface area contributed by atoms with E-state index < -0.39 is 0 Å². The van der Waals surface area contributed by atoms with Crippen molar-refractivity contribution in [3.05, 3.63) is 23.9 Å². The molecular formula is C7H12N2. The van der Waals surface area contributed by atoms with Crippen LogP contribution in [0.2, 0.25) is 0 Å². The largest absolute Gasteiger partial charge is 0.388 e. The molecule has 0 saturated carbocycles. The lowest BCUT2D eigenvalue weighted by Crippen LogP contribution is -2.06. The molecule has 0 atom stereocenters. The summed E-state index contributed by atoms with van der Waals surface area (Å²) in [7, 11) is 1.79. The third-order valence-electron chi connectivity index (χ3n) is 1.12. The summed E-state index contributed by atoms with van der Waals surface area (Å²) in [6, 6.07) is 0. The topological polar surface area (TPSA) is 35.9 Å². The van der Waals surface area contributed by atoms with Crippen molar-refractivity contribution in [2.75, 3.05) is 7.05 Å². The van der Waals surface area contributed by atoms with Crippen molar-refractivity contribution < 1.29 is 0 Å². The second-order valence-electron chi connectivity index (χ2n) is 1.62. The Kier molecular flexibility index (Phi) is 3.44. The molecule has 0 radical (unpaired) electrons. The number of nitrogens with one attached hydrogen (secondary N) is 2. The molecule has 0 rings (SSSR count). The Hall–Kier alpha value is -1.05. The minimum Gasteiger partial charge on any atom is -0.388 e. The average Bonchev–Trinajstić information content (AvgIpc) is 1.90. The Labute approximate surface area is 55.8 Å². The lowest BCUT2D eigenvalue weighted by molar-refractivity contribution is 1.03. The molecule has 2 heteroatoms. The standard InChI is InChI=1S/C7H12N2/c1-4-7(5-8)6(2)9-3/h4-5,8-9H,2H2,1,3H3/b7-4+,8-5?. The van der Waals surface area contributed by atoms with E-state index in [4.69, 9.17) is 5.41 Å². The van der Waals surface area contributed by atoms with Gasteiger partial charge in [-0.05, 0) is 6.92 Å². The van der Waals surface area contributed by atoms with Gasteiger partial charge in [0.25, 0.3) is 0 Å². The molecule has 0 spiro atoms. The fourth-order valence-corrected chi connectivity index (χ4v) is 0.489. The molecule has 0 aliphatic carbocycles. The van der Waals surface area contributed by atoms with Gasteiger partial charge in [0, 0.05) is 24.5 Å². The molecule has 2 N–H and O–H groups in total. The van der Waals surface area contributed by atoms with Crippen LogP contribution in [0, 0.1) is 5.41 Å². The van der Waals surface area contributed by atoms with Gasteiger partial charge in [-0.2, -0.15) is 0 Å². The molecule has 0 aromatic carbocycles. The third kappa shape index (κ3) is 2.13. The van der Waals surface area contributed by atoms with Crippen molar-refractivity contribution in [1.82, 2.24) is 5.32 Å². The average molecular weight is 124 g/mol. The molecule has 0 bridgehead atoms. The molecule has 0 saturated heterocycles. The minimum absolute atomic E-state index is 0.785. The summed E-state index contributed by atoms with van der Waals surface area (Å²) >= 11 is 0. The van der Waals surface area contributed by atoms with Crippen LogP contribution in [-0.2, 0) is 0 Å². The van der Waals surface area contributed by atoms with Gasteiger partial charge in [-0.3, -0.25) is 0 Å². The molecule has 0 aliphatic rings. The van der Waals surface area contributed by atoms with E-state index in [1.165, 1.54) is 6.21 Å². The lowest BCUT2D eigenvalue weighted by Gasteiger charge is -2.01. The lowest BCUT2D eigenvalue weighted by atomic mass is 10.2. The third-order valence-corrected chi connectivity index (χ3v) is 1.12. The van der Waals surface area contributed by atoms with E-state index >= 15 is 0 Å². The highest BCUT2D eigenvalue weighted by Crippen LogP contribution is 1.97. The molecule has 0 aromatic heterocycles. The van der Waals surface area contributed by atoms with E-state index in [9.17, 15) is 0 Å². The van der Waals surface area contributed by atoms with E-state index in [1.807, 2.05) is 13.0 Å². The van der Waals surface area contributed by atoms with Crippen LogP contribution in [0.15, 0.2) is 23.9 Å². The monoisotopic (exact) mass is 124 g/mol. The Balaban J connectivity index is 4.14. The summed E-state index contributed by atoms with van der Waals surface area (Å²) in [6.45, 7) is 5.56. The van der Waals surface area contributed by atoms with Gasteiger partial charge >= 0.3 is 0 Å². The van der Waals surface area contributed by atoms with E-state index in [-0.39, 0.29) is 0 Å². The summed E-state index contributed by atoms with van der Waals surface area (Å²) in [6.07, 6.45) is 3.12. The number of allylic oxidation sites excluding steroid dienone is 2. The van der Waals surface area contributed by atoms with Crippen LogP contribution < -0.4 is 5.32 Å². The second kappa shape index (κ2) is 3.89. The van der Waals surface area contributed by atoms with Gasteiger partial charge in [-0.1, -0.05) is 12.7 Å². The van der Waals surface area contributed by atoms with E-state index in [2.05, 4.69) is 11.9 Å². The fraction of sp³-hybridized carbons (Fsp3) is 0.286. The molecule has 0 heterocycles. The normalized spacial score (nSPS) is 10.7. The van der Waals surface area contributed by atoms with Crippen LogP contribution in [0.4, 0.5) is 0 Å². The number of rotatable bonds is 3. The van der Waals surface area contributed by atoms with Gasteiger partial charge in [0.1, 0.15) is 0 Å². The summed E-state index contributed by atoms with van der Waals surface area (Å²) in [5.74, 6) is 0. The molecule has 9 heavy (non-hydrogen) atoms. The zero-order valence-electron chi connectivity index (χ0n) is 5.86. The van der Waals surface area contributed by atoms with Gasteiger partial charge in [0.05, 0.1) is 0 Å². The SMILES string of the molecule is C=C(NC)/C(C=N)=C/C. The predicted octanol–water partition coefficient (Wildman–Crippen LogP) is 1.32. The van der Waals surface area contributed by atoms with E-state index in [0.717, 1.165) is 11.3 Å². The smallest absolute Gasteiger partial charge is 0.0350 e. The highest BCUT2D eigenvalue weighted by molar-refractivity contribution is 5.81. The number of likely N-dealkylation sites (N-methyl/N-ethyl adjacent to an activating group) is 1. The minimum atomic E-state index is 0.785. The zero-order chi connectivity index (χ0) is 7.28. The van der Waals surface area contributed by atoms with E-state index in [0.29, 0.717) is 0 Å². The van der Waals surface area contributed by atoms with Crippen LogP contribution in [-0.4, -0.2) is 13.3 Å². The first-order valence-corrected chi connectivity index (χ1v) is 2.80. The molecule has 0 amide bonds. The Morgan fingerprint density at radius 2 is 2.22 bits per heavy atom. The molecule has 0 aromatic rings. The zero-order valence-corrected chi connectivity index (χ0v) is 5.86. The van der Waals surface area contributed by atoms with Crippen LogP contribution in [0.5, 0.6) is 0 Å². The fourth-order valence-electron chi connectivity index (χ4n) is 0.489. The van der Waals surface area contributed by atoms with Crippen LogP contribution in [0.1, 0.15) is 6.92 Å². The van der Waals surface area contributed by atoms with Crippen molar-refractivity contribution in [1.29, 1.82) is 5.41 Å². The van der Waals surface area contributed by atoms with Crippen molar-refractivity contribution >= 4 is 6.21 Å². The second-order valence-corrected chi connectivity index (χ2v) is 1.62. The van der Waals surface area contributed by atoms with E-state index in [1.54, 1.807) is 7.05 Å². The Morgan fingerprint density at radius 3 is 2.33 bits per heavy atom. The van der Waals surface area contributed by atoms with Crippen LogP contribution in [0.25, 0.3) is 0 Å². The highest BCUT2D eigenvalue weighted by atomic mass is 14.8. The number of hydrogen-bond acceptors (Lipinski definition) is 2. The first kappa shape index (κ1) is 7.95. The molecule has 0 fully saturated rings. The van der Waals surface area contributed by atoms with Gasteiger partial charge in [-0.25, -0.2) is 0 Å². The Bertz CT molecular complexity index is 145. The maximum Gasteiger partial charge on any atom is 0.0350 e. The molecular weight excluding hydrogens is 112 g/mol. The van der Waals surface area contributed by atoms with Crippen molar-refractivity contribution in [3.8, 4) is 0 Å². The summed E-state index contributed by atoms with van der Waals surface area (Å²) < 4.78 is 0.